The van der Waals surface area contributed by atoms with E-state index in [1.165, 1.54) is 12.1 Å². The van der Waals surface area contributed by atoms with E-state index >= 15 is 0 Å². The van der Waals surface area contributed by atoms with Gasteiger partial charge in [0.15, 0.2) is 0 Å². The van der Waals surface area contributed by atoms with Crippen LogP contribution in [0.1, 0.15) is 15.9 Å². The van der Waals surface area contributed by atoms with Crippen molar-refractivity contribution in [1.82, 2.24) is 0 Å². The molecule has 0 fully saturated rings. The summed E-state index contributed by atoms with van der Waals surface area (Å²) in [7, 11) is 0. The molecule has 0 heterocycles. The van der Waals surface area contributed by atoms with Gasteiger partial charge in [-0.1, -0.05) is 24.3 Å². The molecular formula is C9H8O4. The summed E-state index contributed by atoms with van der Waals surface area (Å²) >= 11 is 0. The Labute approximate surface area is 74.4 Å². The number of carbonyl (C=O) groups is 2. The number of hydrogen-bond donors (Lipinski definition) is 2. The highest BCUT2D eigenvalue weighted by Gasteiger charge is 2.16. The summed E-state index contributed by atoms with van der Waals surface area (Å²) in [5.74, 6) is -2.51. The average molecular weight is 180 g/mol. The van der Waals surface area contributed by atoms with Crippen LogP contribution < -0.4 is 0 Å². The lowest BCUT2D eigenvalue weighted by Crippen LogP contribution is -2.14. The minimum absolute atomic E-state index is 0.0394. The molecular weight excluding hydrogens is 172 g/mol. The van der Waals surface area contributed by atoms with Gasteiger partial charge in [-0.3, -0.25) is 4.79 Å². The van der Waals surface area contributed by atoms with E-state index in [9.17, 15) is 9.59 Å². The van der Waals surface area contributed by atoms with Gasteiger partial charge in [0, 0.05) is 5.56 Å². The summed E-state index contributed by atoms with van der Waals surface area (Å²) in [6.45, 7) is -0.338. The molecule has 4 heteroatoms. The summed E-state index contributed by atoms with van der Waals surface area (Å²) in [4.78, 5) is 21.4. The molecule has 1 aromatic carbocycles. The number of aliphatic hydroxyl groups is 1. The van der Waals surface area contributed by atoms with Gasteiger partial charge in [0.25, 0.3) is 5.78 Å². The summed E-state index contributed by atoms with van der Waals surface area (Å²) in [5.41, 5.74) is 0.368. The lowest BCUT2D eigenvalue weighted by molar-refractivity contribution is -0.131. The molecule has 0 aromatic heterocycles. The average Bonchev–Trinajstić information content (AvgIpc) is 2.16. The van der Waals surface area contributed by atoms with E-state index in [0.29, 0.717) is 5.56 Å². The molecule has 1 rings (SSSR count). The minimum atomic E-state index is -1.51. The number of carboxylic acids is 1. The largest absolute Gasteiger partial charge is 0.475 e. The summed E-state index contributed by atoms with van der Waals surface area (Å²) < 4.78 is 0. The maximum atomic E-state index is 11.0. The number of aliphatic carboxylic acids is 1. The van der Waals surface area contributed by atoms with Crippen LogP contribution in [-0.2, 0) is 11.4 Å². The second kappa shape index (κ2) is 3.82. The molecule has 2 N–H and O–H groups in total. The van der Waals surface area contributed by atoms with Gasteiger partial charge in [-0.05, 0) is 5.56 Å². The molecule has 0 spiro atoms. The van der Waals surface area contributed by atoms with Gasteiger partial charge >= 0.3 is 5.97 Å². The molecule has 0 radical (unpaired) electrons. The van der Waals surface area contributed by atoms with Crippen molar-refractivity contribution in [2.45, 2.75) is 6.61 Å². The second-order valence-corrected chi connectivity index (χ2v) is 2.45. The van der Waals surface area contributed by atoms with Crippen molar-refractivity contribution < 1.29 is 19.8 Å². The van der Waals surface area contributed by atoms with Crippen molar-refractivity contribution in [3.05, 3.63) is 35.4 Å². The van der Waals surface area contributed by atoms with E-state index in [1.54, 1.807) is 12.1 Å². The van der Waals surface area contributed by atoms with Crippen LogP contribution in [0, 0.1) is 0 Å². The summed E-state index contributed by atoms with van der Waals surface area (Å²) in [5, 5.41) is 17.2. The Morgan fingerprint density at radius 3 is 2.38 bits per heavy atom. The van der Waals surface area contributed by atoms with Crippen LogP contribution in [0.25, 0.3) is 0 Å². The molecule has 0 aliphatic carbocycles. The highest BCUT2D eigenvalue weighted by molar-refractivity contribution is 6.40. The van der Waals surface area contributed by atoms with Gasteiger partial charge < -0.3 is 10.2 Å². The molecule has 0 aliphatic rings. The van der Waals surface area contributed by atoms with Gasteiger partial charge in [0.2, 0.25) is 0 Å². The first-order valence-electron chi connectivity index (χ1n) is 3.63. The maximum absolute atomic E-state index is 11.0. The molecule has 0 saturated heterocycles. The molecule has 13 heavy (non-hydrogen) atoms. The van der Waals surface area contributed by atoms with Gasteiger partial charge in [-0.2, -0.15) is 0 Å². The predicted molar refractivity (Wildman–Crippen MR) is 44.3 cm³/mol. The fraction of sp³-hybridized carbons (Fsp3) is 0.111. The Morgan fingerprint density at radius 1 is 1.23 bits per heavy atom. The van der Waals surface area contributed by atoms with Crippen molar-refractivity contribution in [2.75, 3.05) is 0 Å². The number of ketones is 1. The number of Topliss-reactive ketones (excluding diaryl/α,β-unsaturated/α-hetero) is 1. The third-order valence-electron chi connectivity index (χ3n) is 1.63. The van der Waals surface area contributed by atoms with Crippen LogP contribution in [0.2, 0.25) is 0 Å². The molecule has 4 nitrogen and oxygen atoms in total. The van der Waals surface area contributed by atoms with Crippen LogP contribution in [-0.4, -0.2) is 22.0 Å². The number of hydrogen-bond acceptors (Lipinski definition) is 3. The fourth-order valence-electron chi connectivity index (χ4n) is 0.995. The third-order valence-corrected chi connectivity index (χ3v) is 1.63. The molecule has 0 amide bonds. The fourth-order valence-corrected chi connectivity index (χ4v) is 0.995. The second-order valence-electron chi connectivity index (χ2n) is 2.45. The van der Waals surface area contributed by atoms with Crippen LogP contribution in [0.4, 0.5) is 0 Å². The summed E-state index contributed by atoms with van der Waals surface area (Å²) in [6, 6.07) is 6.07. The minimum Gasteiger partial charge on any atom is -0.475 e. The SMILES string of the molecule is O=C(O)C(=O)c1ccccc1CO. The Morgan fingerprint density at radius 2 is 1.85 bits per heavy atom. The lowest BCUT2D eigenvalue weighted by atomic mass is 10.0. The maximum Gasteiger partial charge on any atom is 0.377 e. The standard InChI is InChI=1S/C9H8O4/c10-5-6-3-1-2-4-7(6)8(11)9(12)13/h1-4,10H,5H2,(H,12,13). The van der Waals surface area contributed by atoms with E-state index in [-0.39, 0.29) is 12.2 Å². The molecule has 0 bridgehead atoms. The molecule has 68 valence electrons. The zero-order chi connectivity index (χ0) is 9.84. The van der Waals surface area contributed by atoms with E-state index in [0.717, 1.165) is 0 Å². The van der Waals surface area contributed by atoms with E-state index in [4.69, 9.17) is 10.2 Å². The highest BCUT2D eigenvalue weighted by Crippen LogP contribution is 2.09. The van der Waals surface area contributed by atoms with Gasteiger partial charge in [0.05, 0.1) is 6.61 Å². The zero-order valence-electron chi connectivity index (χ0n) is 6.73. The van der Waals surface area contributed by atoms with Crippen molar-refractivity contribution in [1.29, 1.82) is 0 Å². The zero-order valence-corrected chi connectivity index (χ0v) is 6.73. The Hall–Kier alpha value is -1.68. The van der Waals surface area contributed by atoms with Crippen LogP contribution in [0.3, 0.4) is 0 Å². The Bertz CT molecular complexity index is 343. The van der Waals surface area contributed by atoms with Gasteiger partial charge in [-0.15, -0.1) is 0 Å². The first-order chi connectivity index (χ1) is 6.16. The number of benzene rings is 1. The Balaban J connectivity index is 3.13. The van der Waals surface area contributed by atoms with E-state index in [1.807, 2.05) is 0 Å². The van der Waals surface area contributed by atoms with Crippen molar-refractivity contribution in [3.63, 3.8) is 0 Å². The lowest BCUT2D eigenvalue weighted by Gasteiger charge is -2.01. The number of rotatable bonds is 3. The molecule has 0 atom stereocenters. The topological polar surface area (TPSA) is 74.6 Å². The quantitative estimate of drug-likeness (QED) is 0.523. The van der Waals surface area contributed by atoms with Crippen molar-refractivity contribution in [2.24, 2.45) is 0 Å². The first-order valence-corrected chi connectivity index (χ1v) is 3.63. The monoisotopic (exact) mass is 180 g/mol. The number of carboxylic acid groups (broad SMARTS) is 1. The molecule has 0 aliphatic heterocycles. The van der Waals surface area contributed by atoms with Crippen molar-refractivity contribution >= 4 is 11.8 Å². The molecule has 0 unspecified atom stereocenters. The van der Waals surface area contributed by atoms with E-state index in [2.05, 4.69) is 0 Å². The van der Waals surface area contributed by atoms with Gasteiger partial charge in [-0.25, -0.2) is 4.79 Å². The smallest absolute Gasteiger partial charge is 0.377 e. The number of aliphatic hydroxyl groups excluding tert-OH is 1. The first kappa shape index (κ1) is 9.41. The molecule has 0 saturated carbocycles. The van der Waals surface area contributed by atoms with Crippen LogP contribution in [0.15, 0.2) is 24.3 Å². The summed E-state index contributed by atoms with van der Waals surface area (Å²) in [6.07, 6.45) is 0. The highest BCUT2D eigenvalue weighted by atomic mass is 16.4. The third kappa shape index (κ3) is 1.91. The Kier molecular flexibility index (Phi) is 2.76. The van der Waals surface area contributed by atoms with Crippen molar-refractivity contribution in [3.8, 4) is 0 Å². The van der Waals surface area contributed by atoms with Crippen LogP contribution in [0.5, 0.6) is 0 Å². The molecule has 1 aromatic rings. The van der Waals surface area contributed by atoms with Gasteiger partial charge in [0.1, 0.15) is 0 Å². The number of carbonyl (C=O) groups excluding carboxylic acids is 1. The van der Waals surface area contributed by atoms with E-state index < -0.39 is 11.8 Å². The predicted octanol–water partition coefficient (Wildman–Crippen LogP) is 0.446. The normalized spacial score (nSPS) is 9.62. The van der Waals surface area contributed by atoms with Crippen LogP contribution >= 0.6 is 0 Å².